The largest absolute Gasteiger partial charge is 0.310 e. The van der Waals surface area contributed by atoms with E-state index in [1.807, 2.05) is 0 Å². The molecule has 0 amide bonds. The van der Waals surface area contributed by atoms with Gasteiger partial charge in [-0.25, -0.2) is 0 Å². The van der Waals surface area contributed by atoms with Crippen molar-refractivity contribution < 1.29 is 0 Å². The van der Waals surface area contributed by atoms with Gasteiger partial charge in [0.15, 0.2) is 0 Å². The molecule has 1 heteroatoms. The van der Waals surface area contributed by atoms with Gasteiger partial charge in [0.25, 0.3) is 0 Å². The van der Waals surface area contributed by atoms with E-state index >= 15 is 0 Å². The Morgan fingerprint density at radius 2 is 0.667 bits per heavy atom. The highest BCUT2D eigenvalue weighted by Gasteiger charge is 2.18. The van der Waals surface area contributed by atoms with Crippen molar-refractivity contribution in [1.29, 1.82) is 0 Å². The number of hydrogen-bond acceptors (Lipinski definition) is 1. The minimum Gasteiger partial charge on any atom is -0.310 e. The van der Waals surface area contributed by atoms with E-state index in [4.69, 9.17) is 0 Å². The molecule has 0 saturated carbocycles. The molecule has 51 heavy (non-hydrogen) atoms. The third-order valence-corrected chi connectivity index (χ3v) is 9.88. The van der Waals surface area contributed by atoms with E-state index in [2.05, 4.69) is 217 Å². The lowest BCUT2D eigenvalue weighted by Crippen LogP contribution is -2.11. The zero-order valence-electron chi connectivity index (χ0n) is 28.2. The molecule has 0 N–H and O–H groups in total. The Kier molecular flexibility index (Phi) is 7.92. The quantitative estimate of drug-likeness (QED) is 0.166. The summed E-state index contributed by atoms with van der Waals surface area (Å²) in [5.41, 5.74) is 13.0. The van der Waals surface area contributed by atoms with Crippen LogP contribution >= 0.6 is 0 Å². The molecule has 0 aliphatic rings. The van der Waals surface area contributed by atoms with Crippen LogP contribution in [0.4, 0.5) is 17.1 Å². The summed E-state index contributed by atoms with van der Waals surface area (Å²) in [6, 6.07) is 76.6. The van der Waals surface area contributed by atoms with E-state index in [0.29, 0.717) is 0 Å². The molecule has 0 aliphatic heterocycles. The topological polar surface area (TPSA) is 3.24 Å². The summed E-state index contributed by atoms with van der Waals surface area (Å²) >= 11 is 0. The predicted octanol–water partition coefficient (Wildman–Crippen LogP) is 14.1. The van der Waals surface area contributed by atoms with Crippen molar-refractivity contribution in [1.82, 2.24) is 0 Å². The van der Waals surface area contributed by atoms with Gasteiger partial charge < -0.3 is 4.90 Å². The second-order valence-corrected chi connectivity index (χ2v) is 12.9. The number of nitrogens with zero attached hydrogens (tertiary/aromatic N) is 1. The molecular weight excluding hydrogens is 615 g/mol. The molecular formula is C50H35N. The van der Waals surface area contributed by atoms with E-state index in [1.54, 1.807) is 0 Å². The van der Waals surface area contributed by atoms with Crippen molar-refractivity contribution in [3.8, 4) is 44.5 Å². The monoisotopic (exact) mass is 649 g/mol. The molecule has 240 valence electrons. The Balaban J connectivity index is 1.17. The highest BCUT2D eigenvalue weighted by Crippen LogP contribution is 2.43. The number of hydrogen-bond donors (Lipinski definition) is 0. The molecule has 0 saturated heterocycles. The number of rotatable bonds is 7. The average molecular weight is 650 g/mol. The fourth-order valence-corrected chi connectivity index (χ4v) is 7.45. The lowest BCUT2D eigenvalue weighted by atomic mass is 9.91. The van der Waals surface area contributed by atoms with Crippen molar-refractivity contribution in [2.45, 2.75) is 0 Å². The first kappa shape index (κ1) is 30.4. The Morgan fingerprint density at radius 3 is 1.29 bits per heavy atom. The molecule has 9 aromatic carbocycles. The van der Waals surface area contributed by atoms with Crippen molar-refractivity contribution in [3.05, 3.63) is 212 Å². The molecule has 0 spiro atoms. The molecule has 0 fully saturated rings. The summed E-state index contributed by atoms with van der Waals surface area (Å²) < 4.78 is 0. The second-order valence-electron chi connectivity index (χ2n) is 12.9. The van der Waals surface area contributed by atoms with Gasteiger partial charge in [-0.2, -0.15) is 0 Å². The zero-order chi connectivity index (χ0) is 34.0. The van der Waals surface area contributed by atoms with Gasteiger partial charge in [0, 0.05) is 16.9 Å². The standard InChI is InChI=1S/C50H35N/c1-3-14-37(15-4-1)46-23-9-10-27-49(46)51(42-32-28-39(29-33-42)45-24-11-19-36-18-7-8-22-44(36)45)43-34-30-40(31-35-43)48-26-13-21-41-20-12-25-47(50(41)48)38-16-5-2-6-17-38/h1-35H. The van der Waals surface area contributed by atoms with Crippen LogP contribution in [-0.4, -0.2) is 0 Å². The summed E-state index contributed by atoms with van der Waals surface area (Å²) in [4.78, 5) is 2.39. The van der Waals surface area contributed by atoms with E-state index in [-0.39, 0.29) is 0 Å². The smallest absolute Gasteiger partial charge is 0.0540 e. The maximum absolute atomic E-state index is 2.39. The molecule has 0 radical (unpaired) electrons. The Bertz CT molecular complexity index is 2590. The molecule has 0 aromatic heterocycles. The molecule has 0 atom stereocenters. The fourth-order valence-electron chi connectivity index (χ4n) is 7.45. The fraction of sp³-hybridized carbons (Fsp3) is 0. The molecule has 0 bridgehead atoms. The first-order valence-electron chi connectivity index (χ1n) is 17.5. The summed E-state index contributed by atoms with van der Waals surface area (Å²) in [6.45, 7) is 0. The van der Waals surface area contributed by atoms with Crippen LogP contribution in [0.25, 0.3) is 66.1 Å². The third-order valence-electron chi connectivity index (χ3n) is 9.88. The number of benzene rings is 9. The number of para-hydroxylation sites is 1. The van der Waals surface area contributed by atoms with E-state index in [9.17, 15) is 0 Å². The summed E-state index contributed by atoms with van der Waals surface area (Å²) in [5, 5.41) is 5.02. The maximum atomic E-state index is 2.39. The molecule has 1 nitrogen and oxygen atoms in total. The van der Waals surface area contributed by atoms with Gasteiger partial charge in [-0.15, -0.1) is 0 Å². The first-order chi connectivity index (χ1) is 25.3. The van der Waals surface area contributed by atoms with Crippen molar-refractivity contribution in [2.24, 2.45) is 0 Å². The van der Waals surface area contributed by atoms with Gasteiger partial charge in [-0.3, -0.25) is 0 Å². The van der Waals surface area contributed by atoms with Crippen LogP contribution in [0.3, 0.4) is 0 Å². The minimum atomic E-state index is 1.10. The van der Waals surface area contributed by atoms with Gasteiger partial charge in [-0.05, 0) is 90.8 Å². The van der Waals surface area contributed by atoms with Gasteiger partial charge in [0.1, 0.15) is 0 Å². The lowest BCUT2D eigenvalue weighted by Gasteiger charge is -2.28. The highest BCUT2D eigenvalue weighted by molar-refractivity contribution is 6.06. The lowest BCUT2D eigenvalue weighted by molar-refractivity contribution is 1.28. The average Bonchev–Trinajstić information content (AvgIpc) is 3.22. The Morgan fingerprint density at radius 1 is 0.255 bits per heavy atom. The van der Waals surface area contributed by atoms with Gasteiger partial charge in [0.2, 0.25) is 0 Å². The first-order valence-corrected chi connectivity index (χ1v) is 17.5. The van der Waals surface area contributed by atoms with E-state index in [1.165, 1.54) is 66.1 Å². The number of anilines is 3. The van der Waals surface area contributed by atoms with Crippen LogP contribution in [0.5, 0.6) is 0 Å². The van der Waals surface area contributed by atoms with Crippen LogP contribution in [0.2, 0.25) is 0 Å². The van der Waals surface area contributed by atoms with Crippen molar-refractivity contribution >= 4 is 38.6 Å². The Hall–Kier alpha value is -6.70. The van der Waals surface area contributed by atoms with Crippen LogP contribution < -0.4 is 4.90 Å². The molecule has 0 aliphatic carbocycles. The van der Waals surface area contributed by atoms with Crippen LogP contribution in [0.15, 0.2) is 212 Å². The summed E-state index contributed by atoms with van der Waals surface area (Å²) in [6.07, 6.45) is 0. The van der Waals surface area contributed by atoms with Gasteiger partial charge >= 0.3 is 0 Å². The van der Waals surface area contributed by atoms with E-state index in [0.717, 1.165) is 17.1 Å². The summed E-state index contributed by atoms with van der Waals surface area (Å²) in [5.74, 6) is 0. The van der Waals surface area contributed by atoms with E-state index < -0.39 is 0 Å². The Labute approximate surface area is 299 Å². The summed E-state index contributed by atoms with van der Waals surface area (Å²) in [7, 11) is 0. The number of fused-ring (bicyclic) bond motifs is 2. The third kappa shape index (κ3) is 5.75. The minimum absolute atomic E-state index is 1.10. The van der Waals surface area contributed by atoms with Crippen LogP contribution in [0, 0.1) is 0 Å². The normalized spacial score (nSPS) is 11.1. The molecule has 9 rings (SSSR count). The molecule has 0 unspecified atom stereocenters. The van der Waals surface area contributed by atoms with Crippen LogP contribution in [-0.2, 0) is 0 Å². The second kappa shape index (κ2) is 13.3. The van der Waals surface area contributed by atoms with Crippen molar-refractivity contribution in [3.63, 3.8) is 0 Å². The van der Waals surface area contributed by atoms with Gasteiger partial charge in [-0.1, -0.05) is 182 Å². The predicted molar refractivity (Wildman–Crippen MR) is 218 cm³/mol. The SMILES string of the molecule is c1ccc(-c2ccccc2N(c2ccc(-c3cccc4ccccc34)cc2)c2ccc(-c3cccc4cccc(-c5ccccc5)c34)cc2)cc1. The van der Waals surface area contributed by atoms with Gasteiger partial charge in [0.05, 0.1) is 5.69 Å². The molecule has 0 heterocycles. The van der Waals surface area contributed by atoms with Crippen molar-refractivity contribution in [2.75, 3.05) is 4.90 Å². The molecule has 9 aromatic rings. The zero-order valence-corrected chi connectivity index (χ0v) is 28.2. The van der Waals surface area contributed by atoms with Crippen LogP contribution in [0.1, 0.15) is 0 Å². The maximum Gasteiger partial charge on any atom is 0.0540 e. The highest BCUT2D eigenvalue weighted by atomic mass is 15.1.